The van der Waals surface area contributed by atoms with Crippen molar-refractivity contribution in [3.05, 3.63) is 28.5 Å². The molecule has 19 heavy (non-hydrogen) atoms. The SMILES string of the molecule is CNC1CCN(S(=O)(=O)c2ccc(Br)cc2F)C1.Cl. The van der Waals surface area contributed by atoms with E-state index in [1.807, 2.05) is 0 Å². The molecule has 0 bridgehead atoms. The maximum atomic E-state index is 13.7. The van der Waals surface area contributed by atoms with Gasteiger partial charge in [0.25, 0.3) is 0 Å². The standard InChI is InChI=1S/C11H14BrFN2O2S.ClH/c1-14-9-4-5-15(7-9)18(16,17)11-3-2-8(12)6-10(11)13;/h2-3,6,9,14H,4-5,7H2,1H3;1H. The largest absolute Gasteiger partial charge is 0.316 e. The second kappa shape index (κ2) is 6.49. The zero-order valence-electron chi connectivity index (χ0n) is 10.3. The summed E-state index contributed by atoms with van der Waals surface area (Å²) >= 11 is 3.11. The van der Waals surface area contributed by atoms with E-state index in [4.69, 9.17) is 0 Å². The highest BCUT2D eigenvalue weighted by atomic mass is 79.9. The summed E-state index contributed by atoms with van der Waals surface area (Å²) in [5, 5.41) is 3.03. The van der Waals surface area contributed by atoms with Gasteiger partial charge in [0.05, 0.1) is 0 Å². The van der Waals surface area contributed by atoms with Crippen molar-refractivity contribution in [3.8, 4) is 0 Å². The number of hydrogen-bond donors (Lipinski definition) is 1. The lowest BCUT2D eigenvalue weighted by molar-refractivity contribution is 0.458. The van der Waals surface area contributed by atoms with Crippen LogP contribution in [0.15, 0.2) is 27.6 Å². The normalized spacial score (nSPS) is 20.3. The molecule has 1 atom stereocenters. The average molecular weight is 374 g/mol. The van der Waals surface area contributed by atoms with Crippen LogP contribution >= 0.6 is 28.3 Å². The number of nitrogens with zero attached hydrogens (tertiary/aromatic N) is 1. The van der Waals surface area contributed by atoms with Gasteiger partial charge in [0.2, 0.25) is 10.0 Å². The topological polar surface area (TPSA) is 49.4 Å². The fourth-order valence-corrected chi connectivity index (χ4v) is 3.88. The maximum Gasteiger partial charge on any atom is 0.246 e. The van der Waals surface area contributed by atoms with Crippen molar-refractivity contribution >= 4 is 38.4 Å². The van der Waals surface area contributed by atoms with E-state index in [2.05, 4.69) is 21.2 Å². The first-order valence-electron chi connectivity index (χ1n) is 5.57. The Hall–Kier alpha value is -0.210. The van der Waals surface area contributed by atoms with Crippen LogP contribution < -0.4 is 5.32 Å². The average Bonchev–Trinajstić information content (AvgIpc) is 2.77. The number of halogens is 3. The van der Waals surface area contributed by atoms with Gasteiger partial charge in [0.15, 0.2) is 0 Å². The molecule has 1 heterocycles. The first-order valence-corrected chi connectivity index (χ1v) is 7.81. The van der Waals surface area contributed by atoms with E-state index in [-0.39, 0.29) is 23.3 Å². The molecule has 1 unspecified atom stereocenters. The molecule has 8 heteroatoms. The number of likely N-dealkylation sites (N-methyl/N-ethyl adjacent to an activating group) is 1. The molecule has 2 rings (SSSR count). The summed E-state index contributed by atoms with van der Waals surface area (Å²) in [6.45, 7) is 0.803. The third kappa shape index (κ3) is 3.46. The van der Waals surface area contributed by atoms with Gasteiger partial charge in [-0.2, -0.15) is 4.31 Å². The lowest BCUT2D eigenvalue weighted by Crippen LogP contribution is -2.33. The predicted molar refractivity (Wildman–Crippen MR) is 77.6 cm³/mol. The van der Waals surface area contributed by atoms with Crippen molar-refractivity contribution in [2.75, 3.05) is 20.1 Å². The molecule has 1 saturated heterocycles. The highest BCUT2D eigenvalue weighted by Crippen LogP contribution is 2.25. The zero-order valence-corrected chi connectivity index (χ0v) is 13.5. The van der Waals surface area contributed by atoms with Crippen LogP contribution in [0, 0.1) is 5.82 Å². The minimum atomic E-state index is -3.73. The maximum absolute atomic E-state index is 13.7. The van der Waals surface area contributed by atoms with Gasteiger partial charge in [-0.1, -0.05) is 15.9 Å². The van der Waals surface area contributed by atoms with Crippen LogP contribution in [0.5, 0.6) is 0 Å². The van der Waals surface area contributed by atoms with Crippen molar-refractivity contribution in [1.29, 1.82) is 0 Å². The Balaban J connectivity index is 0.00000180. The Morgan fingerprint density at radius 3 is 2.68 bits per heavy atom. The van der Waals surface area contributed by atoms with Crippen LogP contribution in [0.4, 0.5) is 4.39 Å². The summed E-state index contributed by atoms with van der Waals surface area (Å²) in [7, 11) is -1.94. The molecule has 0 aromatic heterocycles. The molecule has 0 amide bonds. The van der Waals surface area contributed by atoms with Gasteiger partial charge >= 0.3 is 0 Å². The molecule has 4 nitrogen and oxygen atoms in total. The molecule has 108 valence electrons. The molecule has 1 aliphatic heterocycles. The number of nitrogens with one attached hydrogen (secondary N) is 1. The van der Waals surface area contributed by atoms with E-state index < -0.39 is 15.8 Å². The first-order chi connectivity index (χ1) is 8.45. The van der Waals surface area contributed by atoms with E-state index in [9.17, 15) is 12.8 Å². The fraction of sp³-hybridized carbons (Fsp3) is 0.455. The summed E-state index contributed by atoms with van der Waals surface area (Å²) in [4.78, 5) is -0.262. The minimum Gasteiger partial charge on any atom is -0.316 e. The Labute approximate surface area is 127 Å². The van der Waals surface area contributed by atoms with Crippen LogP contribution in [0.2, 0.25) is 0 Å². The predicted octanol–water partition coefficient (Wildman–Crippen LogP) is 1.99. The number of sulfonamides is 1. The lowest BCUT2D eigenvalue weighted by Gasteiger charge is -2.17. The second-order valence-corrected chi connectivity index (χ2v) is 7.03. The van der Waals surface area contributed by atoms with Crippen LogP contribution in [0.3, 0.4) is 0 Å². The third-order valence-corrected chi connectivity index (χ3v) is 5.46. The Kier molecular flexibility index (Phi) is 5.76. The van der Waals surface area contributed by atoms with Gasteiger partial charge in [-0.3, -0.25) is 0 Å². The van der Waals surface area contributed by atoms with Gasteiger partial charge in [-0.05, 0) is 31.7 Å². The Morgan fingerprint density at radius 1 is 1.47 bits per heavy atom. The van der Waals surface area contributed by atoms with Gasteiger partial charge in [0, 0.05) is 23.6 Å². The Bertz CT molecular complexity index is 556. The van der Waals surface area contributed by atoms with Crippen LogP contribution in [0.1, 0.15) is 6.42 Å². The van der Waals surface area contributed by atoms with Crippen LogP contribution in [0.25, 0.3) is 0 Å². The summed E-state index contributed by atoms with van der Waals surface area (Å²) in [6.07, 6.45) is 0.744. The molecular weight excluding hydrogens is 359 g/mol. The van der Waals surface area contributed by atoms with E-state index in [1.54, 1.807) is 7.05 Å². The van der Waals surface area contributed by atoms with Crippen molar-refractivity contribution in [2.45, 2.75) is 17.4 Å². The highest BCUT2D eigenvalue weighted by Gasteiger charge is 2.33. The van der Waals surface area contributed by atoms with Crippen molar-refractivity contribution in [3.63, 3.8) is 0 Å². The fourth-order valence-electron chi connectivity index (χ4n) is 2.01. The summed E-state index contributed by atoms with van der Waals surface area (Å²) in [5.74, 6) is -0.725. The van der Waals surface area contributed by atoms with Crippen LogP contribution in [-0.2, 0) is 10.0 Å². The minimum absolute atomic E-state index is 0. The van der Waals surface area contributed by atoms with Gasteiger partial charge in [-0.15, -0.1) is 12.4 Å². The molecule has 1 aromatic carbocycles. The van der Waals surface area contributed by atoms with E-state index >= 15 is 0 Å². The smallest absolute Gasteiger partial charge is 0.246 e. The molecule has 0 radical (unpaired) electrons. The van der Waals surface area contributed by atoms with E-state index in [0.29, 0.717) is 17.6 Å². The van der Waals surface area contributed by atoms with Gasteiger partial charge in [0.1, 0.15) is 10.7 Å². The number of hydrogen-bond acceptors (Lipinski definition) is 3. The summed E-state index contributed by atoms with van der Waals surface area (Å²) in [6, 6.07) is 4.12. The number of benzene rings is 1. The molecule has 1 N–H and O–H groups in total. The van der Waals surface area contributed by atoms with Crippen molar-refractivity contribution in [1.82, 2.24) is 9.62 Å². The Morgan fingerprint density at radius 2 is 2.16 bits per heavy atom. The molecule has 0 aliphatic carbocycles. The number of rotatable bonds is 3. The molecule has 1 fully saturated rings. The first kappa shape index (κ1) is 16.8. The monoisotopic (exact) mass is 372 g/mol. The molecule has 0 spiro atoms. The highest BCUT2D eigenvalue weighted by molar-refractivity contribution is 9.10. The summed E-state index contributed by atoms with van der Waals surface area (Å²) < 4.78 is 40.1. The lowest BCUT2D eigenvalue weighted by atomic mass is 10.3. The molecule has 1 aromatic rings. The molecule has 0 saturated carbocycles. The van der Waals surface area contributed by atoms with E-state index in [1.165, 1.54) is 22.5 Å². The van der Waals surface area contributed by atoms with Gasteiger partial charge < -0.3 is 5.32 Å². The molecular formula is C11H15BrClFN2O2S. The van der Waals surface area contributed by atoms with Gasteiger partial charge in [-0.25, -0.2) is 12.8 Å². The van der Waals surface area contributed by atoms with Crippen molar-refractivity contribution in [2.24, 2.45) is 0 Å². The van der Waals surface area contributed by atoms with Crippen LogP contribution in [-0.4, -0.2) is 38.9 Å². The zero-order chi connectivity index (χ0) is 13.3. The molecule has 1 aliphatic rings. The third-order valence-electron chi connectivity index (χ3n) is 3.07. The quantitative estimate of drug-likeness (QED) is 0.881. The van der Waals surface area contributed by atoms with Crippen molar-refractivity contribution < 1.29 is 12.8 Å². The second-order valence-electron chi connectivity index (χ2n) is 4.21. The van der Waals surface area contributed by atoms with E-state index in [0.717, 1.165) is 6.42 Å². The summed E-state index contributed by atoms with van der Waals surface area (Å²) in [5.41, 5.74) is 0.